The second kappa shape index (κ2) is 5.16. The second-order valence-corrected chi connectivity index (χ2v) is 5.26. The minimum Gasteiger partial charge on any atom is -0.345 e. The van der Waals surface area contributed by atoms with E-state index < -0.39 is 11.5 Å². The van der Waals surface area contributed by atoms with E-state index >= 15 is 0 Å². The highest BCUT2D eigenvalue weighted by molar-refractivity contribution is 5.94. The van der Waals surface area contributed by atoms with E-state index in [1.54, 1.807) is 19.1 Å². The topological polar surface area (TPSA) is 62.0 Å². The van der Waals surface area contributed by atoms with E-state index in [4.69, 9.17) is 0 Å². The van der Waals surface area contributed by atoms with E-state index in [0.717, 1.165) is 5.56 Å². The van der Waals surface area contributed by atoms with Crippen molar-refractivity contribution < 1.29 is 9.18 Å². The number of aromatic nitrogens is 1. The van der Waals surface area contributed by atoms with Gasteiger partial charge in [0.1, 0.15) is 11.4 Å². The molecule has 2 N–H and O–H groups in total. The molecule has 1 aliphatic rings. The number of pyridine rings is 1. The Bertz CT molecular complexity index is 767. The van der Waals surface area contributed by atoms with E-state index in [0.29, 0.717) is 24.1 Å². The Kier molecular flexibility index (Phi) is 3.33. The molecule has 0 aliphatic heterocycles. The Labute approximate surface area is 121 Å². The van der Waals surface area contributed by atoms with Crippen LogP contribution < -0.4 is 10.9 Å². The number of hydrogen-bond donors (Lipinski definition) is 2. The maximum absolute atomic E-state index is 13.7. The van der Waals surface area contributed by atoms with Crippen molar-refractivity contribution in [1.82, 2.24) is 10.3 Å². The molecule has 0 spiro atoms. The fourth-order valence-electron chi connectivity index (χ4n) is 2.75. The molecule has 1 aliphatic carbocycles. The lowest BCUT2D eigenvalue weighted by Crippen LogP contribution is -2.32. The standard InChI is InChI=1S/C16H15FN2O2/c1-9-5-6-12(15(20)18-9)16(21)19-14-8-7-10-11(14)3-2-4-13(10)17/h2-6,14H,7-8H2,1H3,(H,18,20)(H,19,21)/t14-/m1/s1. The van der Waals surface area contributed by atoms with Crippen LogP contribution in [0.1, 0.15) is 39.6 Å². The van der Waals surface area contributed by atoms with Crippen molar-refractivity contribution in [3.8, 4) is 0 Å². The summed E-state index contributed by atoms with van der Waals surface area (Å²) in [5, 5.41) is 2.81. The summed E-state index contributed by atoms with van der Waals surface area (Å²) in [6, 6.07) is 7.81. The van der Waals surface area contributed by atoms with Crippen molar-refractivity contribution in [3.63, 3.8) is 0 Å². The molecule has 108 valence electrons. The maximum atomic E-state index is 13.7. The number of carbonyl (C=O) groups excluding carboxylic acids is 1. The molecule has 0 unspecified atom stereocenters. The predicted molar refractivity (Wildman–Crippen MR) is 76.7 cm³/mol. The summed E-state index contributed by atoms with van der Waals surface area (Å²) < 4.78 is 13.7. The number of hydrogen-bond acceptors (Lipinski definition) is 2. The molecule has 0 saturated carbocycles. The van der Waals surface area contributed by atoms with Crippen molar-refractivity contribution in [3.05, 3.63) is 68.9 Å². The Morgan fingerprint density at radius 2 is 2.14 bits per heavy atom. The summed E-state index contributed by atoms with van der Waals surface area (Å²) in [5.41, 5.74) is 1.81. The third kappa shape index (κ3) is 2.46. The van der Waals surface area contributed by atoms with Crippen LogP contribution in [0.25, 0.3) is 0 Å². The van der Waals surface area contributed by atoms with Gasteiger partial charge >= 0.3 is 0 Å². The number of fused-ring (bicyclic) bond motifs is 1. The summed E-state index contributed by atoms with van der Waals surface area (Å²) in [5.74, 6) is -0.671. The molecule has 0 fully saturated rings. The highest BCUT2D eigenvalue weighted by atomic mass is 19.1. The number of aryl methyl sites for hydroxylation is 1. The van der Waals surface area contributed by atoms with E-state index in [1.807, 2.05) is 6.07 Å². The highest BCUT2D eigenvalue weighted by Gasteiger charge is 2.26. The zero-order valence-electron chi connectivity index (χ0n) is 11.6. The fourth-order valence-corrected chi connectivity index (χ4v) is 2.75. The number of carbonyl (C=O) groups is 1. The third-order valence-electron chi connectivity index (χ3n) is 3.82. The molecule has 1 atom stereocenters. The van der Waals surface area contributed by atoms with Crippen molar-refractivity contribution in [2.45, 2.75) is 25.8 Å². The average molecular weight is 286 g/mol. The minimum absolute atomic E-state index is 0.0745. The molecule has 21 heavy (non-hydrogen) atoms. The first kappa shape index (κ1) is 13.5. The van der Waals surface area contributed by atoms with Gasteiger partial charge in [-0.2, -0.15) is 0 Å². The SMILES string of the molecule is Cc1ccc(C(=O)N[C@@H]2CCc3c(F)cccc32)c(=O)[nH]1. The van der Waals surface area contributed by atoms with Gasteiger partial charge in [0.15, 0.2) is 0 Å². The number of nitrogens with one attached hydrogen (secondary N) is 2. The fraction of sp³-hybridized carbons (Fsp3) is 0.250. The molecule has 5 heteroatoms. The van der Waals surface area contributed by atoms with Crippen LogP contribution in [0.4, 0.5) is 4.39 Å². The molecule has 1 amide bonds. The Balaban J connectivity index is 1.84. The molecule has 1 heterocycles. The highest BCUT2D eigenvalue weighted by Crippen LogP contribution is 2.32. The molecular weight excluding hydrogens is 271 g/mol. The first-order valence-electron chi connectivity index (χ1n) is 6.84. The average Bonchev–Trinajstić information content (AvgIpc) is 2.83. The van der Waals surface area contributed by atoms with Gasteiger partial charge < -0.3 is 10.3 Å². The second-order valence-electron chi connectivity index (χ2n) is 5.26. The first-order valence-corrected chi connectivity index (χ1v) is 6.84. The first-order chi connectivity index (χ1) is 10.1. The summed E-state index contributed by atoms with van der Waals surface area (Å²) >= 11 is 0. The van der Waals surface area contributed by atoms with Crippen molar-refractivity contribution >= 4 is 5.91 Å². The number of halogens is 1. The maximum Gasteiger partial charge on any atom is 0.260 e. The molecule has 4 nitrogen and oxygen atoms in total. The van der Waals surface area contributed by atoms with Gasteiger partial charge in [-0.05, 0) is 49.1 Å². The molecule has 1 aromatic heterocycles. The number of amides is 1. The summed E-state index contributed by atoms with van der Waals surface area (Å²) in [6.07, 6.45) is 1.24. The molecule has 2 aromatic rings. The van der Waals surface area contributed by atoms with Gasteiger partial charge in [-0.25, -0.2) is 4.39 Å². The molecule has 0 bridgehead atoms. The molecule has 1 aromatic carbocycles. The van der Waals surface area contributed by atoms with Crippen LogP contribution in [0.2, 0.25) is 0 Å². The number of rotatable bonds is 2. The lowest BCUT2D eigenvalue weighted by molar-refractivity contribution is 0.0935. The van der Waals surface area contributed by atoms with E-state index in [-0.39, 0.29) is 17.4 Å². The van der Waals surface area contributed by atoms with Crippen LogP contribution in [0.15, 0.2) is 35.1 Å². The summed E-state index contributed by atoms with van der Waals surface area (Å²) in [6.45, 7) is 1.75. The number of H-pyrrole nitrogens is 1. The Morgan fingerprint density at radius 3 is 2.90 bits per heavy atom. The molecular formula is C16H15FN2O2. The van der Waals surface area contributed by atoms with E-state index in [1.165, 1.54) is 12.1 Å². The van der Waals surface area contributed by atoms with Crippen molar-refractivity contribution in [2.75, 3.05) is 0 Å². The number of aromatic amines is 1. The predicted octanol–water partition coefficient (Wildman–Crippen LogP) is 2.24. The normalized spacial score (nSPS) is 16.6. The van der Waals surface area contributed by atoms with Crippen molar-refractivity contribution in [1.29, 1.82) is 0 Å². The monoisotopic (exact) mass is 286 g/mol. The summed E-state index contributed by atoms with van der Waals surface area (Å²) in [4.78, 5) is 26.6. The van der Waals surface area contributed by atoms with Gasteiger partial charge in [0.05, 0.1) is 6.04 Å². The lowest BCUT2D eigenvalue weighted by atomic mass is 10.1. The van der Waals surface area contributed by atoms with Gasteiger partial charge in [-0.3, -0.25) is 9.59 Å². The lowest BCUT2D eigenvalue weighted by Gasteiger charge is -2.14. The molecule has 0 saturated heterocycles. The third-order valence-corrected chi connectivity index (χ3v) is 3.82. The van der Waals surface area contributed by atoms with Gasteiger partial charge in [-0.1, -0.05) is 12.1 Å². The Hall–Kier alpha value is -2.43. The van der Waals surface area contributed by atoms with Crippen LogP contribution in [0.3, 0.4) is 0 Å². The van der Waals surface area contributed by atoms with Gasteiger partial charge in [0.2, 0.25) is 0 Å². The van der Waals surface area contributed by atoms with Crippen LogP contribution in [0, 0.1) is 12.7 Å². The van der Waals surface area contributed by atoms with E-state index in [2.05, 4.69) is 10.3 Å². The largest absolute Gasteiger partial charge is 0.345 e. The zero-order valence-corrected chi connectivity index (χ0v) is 11.6. The Morgan fingerprint density at radius 1 is 1.33 bits per heavy atom. The van der Waals surface area contributed by atoms with Gasteiger partial charge in [0.25, 0.3) is 11.5 Å². The smallest absolute Gasteiger partial charge is 0.260 e. The zero-order chi connectivity index (χ0) is 15.0. The quantitative estimate of drug-likeness (QED) is 0.889. The minimum atomic E-state index is -0.432. The van der Waals surface area contributed by atoms with Crippen molar-refractivity contribution in [2.24, 2.45) is 0 Å². The van der Waals surface area contributed by atoms with Crippen LogP contribution >= 0.6 is 0 Å². The van der Waals surface area contributed by atoms with Gasteiger partial charge in [-0.15, -0.1) is 0 Å². The van der Waals surface area contributed by atoms with Crippen LogP contribution in [-0.2, 0) is 6.42 Å². The van der Waals surface area contributed by atoms with Crippen LogP contribution in [0.5, 0.6) is 0 Å². The van der Waals surface area contributed by atoms with E-state index in [9.17, 15) is 14.0 Å². The molecule has 3 rings (SSSR count). The molecule has 0 radical (unpaired) electrons. The number of benzene rings is 1. The van der Waals surface area contributed by atoms with Crippen LogP contribution in [-0.4, -0.2) is 10.9 Å². The van der Waals surface area contributed by atoms with Gasteiger partial charge in [0, 0.05) is 5.69 Å². The summed E-state index contributed by atoms with van der Waals surface area (Å²) in [7, 11) is 0.